The third-order valence-electron chi connectivity index (χ3n) is 10.9. The van der Waals surface area contributed by atoms with Crippen LogP contribution in [-0.4, -0.2) is 34.9 Å². The second-order valence-electron chi connectivity index (χ2n) is 16.2. The minimum Gasteiger partial charge on any atom is -0.394 e. The molecule has 0 aromatic heterocycles. The van der Waals surface area contributed by atoms with Gasteiger partial charge in [-0.3, -0.25) is 4.79 Å². The zero-order valence-corrected chi connectivity index (χ0v) is 35.8. The molecule has 0 aliphatic rings. The average Bonchev–Trinajstić information content (AvgIpc) is 3.16. The van der Waals surface area contributed by atoms with E-state index in [0.29, 0.717) is 6.42 Å². The van der Waals surface area contributed by atoms with Crippen LogP contribution in [0.4, 0.5) is 0 Å². The van der Waals surface area contributed by atoms with E-state index in [1.807, 2.05) is 6.08 Å². The van der Waals surface area contributed by atoms with Crippen LogP contribution in [0.2, 0.25) is 0 Å². The number of hydrogen-bond acceptors (Lipinski definition) is 3. The minimum atomic E-state index is -0.838. The van der Waals surface area contributed by atoms with Gasteiger partial charge in [-0.1, -0.05) is 230 Å². The van der Waals surface area contributed by atoms with Crippen molar-refractivity contribution in [2.45, 2.75) is 264 Å². The lowest BCUT2D eigenvalue weighted by Crippen LogP contribution is -2.45. The predicted molar refractivity (Wildman–Crippen MR) is 235 cm³/mol. The number of aliphatic hydroxyl groups excluding tert-OH is 2. The average molecular weight is 744 g/mol. The van der Waals surface area contributed by atoms with Gasteiger partial charge >= 0.3 is 0 Å². The summed E-state index contributed by atoms with van der Waals surface area (Å²) in [6.07, 6.45) is 59.7. The molecule has 4 heteroatoms. The Morgan fingerprint density at radius 1 is 0.453 bits per heavy atom. The standard InChI is InChI=1S/C49H93NO3/c1-3-5-7-9-11-13-15-17-19-21-22-23-24-25-26-27-28-29-31-33-35-37-39-41-43-45-49(53)50-47(46-51)48(52)44-42-40-38-36-34-32-30-20-18-16-14-12-10-8-6-4-2/h15,17,21-22,42,44,47-48,51-52H,3-14,16,18-20,23-41,43,45-46H2,1-2H3,(H,50,53)/b17-15-,22-21-,44-42+. The van der Waals surface area contributed by atoms with Gasteiger partial charge in [-0.25, -0.2) is 0 Å². The van der Waals surface area contributed by atoms with Crippen molar-refractivity contribution in [3.63, 3.8) is 0 Å². The van der Waals surface area contributed by atoms with Crippen molar-refractivity contribution in [2.75, 3.05) is 6.61 Å². The topological polar surface area (TPSA) is 69.6 Å². The first-order valence-electron chi connectivity index (χ1n) is 23.7. The van der Waals surface area contributed by atoms with Crippen molar-refractivity contribution >= 4 is 5.91 Å². The Balaban J connectivity index is 3.52. The SMILES string of the molecule is CCCCCCC/C=C\C/C=C\CCCCCCCCCCCCCCCC(=O)NC(CO)C(O)/C=C/CCCCCCCCCCCCCCCC. The van der Waals surface area contributed by atoms with Crippen LogP contribution in [0.15, 0.2) is 36.5 Å². The highest BCUT2D eigenvalue weighted by Gasteiger charge is 2.17. The highest BCUT2D eigenvalue weighted by molar-refractivity contribution is 5.76. The molecule has 0 spiro atoms. The van der Waals surface area contributed by atoms with Crippen molar-refractivity contribution < 1.29 is 15.0 Å². The second kappa shape index (κ2) is 45.0. The number of nitrogens with one attached hydrogen (secondary N) is 1. The fourth-order valence-corrected chi connectivity index (χ4v) is 7.21. The fourth-order valence-electron chi connectivity index (χ4n) is 7.21. The van der Waals surface area contributed by atoms with Crippen molar-refractivity contribution in [3.05, 3.63) is 36.5 Å². The molecule has 0 bridgehead atoms. The Labute approximate surface area is 331 Å². The lowest BCUT2D eigenvalue weighted by Gasteiger charge is -2.20. The summed E-state index contributed by atoms with van der Waals surface area (Å²) in [5, 5.41) is 23.1. The van der Waals surface area contributed by atoms with Crippen molar-refractivity contribution in [3.8, 4) is 0 Å². The Kier molecular flexibility index (Phi) is 43.8. The number of carbonyl (C=O) groups excluding carboxylic acids is 1. The third-order valence-corrected chi connectivity index (χ3v) is 10.9. The Bertz CT molecular complexity index is 806. The minimum absolute atomic E-state index is 0.0635. The summed E-state index contributed by atoms with van der Waals surface area (Å²) in [6, 6.07) is -0.621. The summed E-state index contributed by atoms with van der Waals surface area (Å²) in [5.74, 6) is -0.0635. The largest absolute Gasteiger partial charge is 0.394 e. The molecule has 0 heterocycles. The van der Waals surface area contributed by atoms with Crippen LogP contribution < -0.4 is 5.32 Å². The van der Waals surface area contributed by atoms with Gasteiger partial charge in [0.2, 0.25) is 5.91 Å². The molecule has 0 saturated carbocycles. The second-order valence-corrected chi connectivity index (χ2v) is 16.2. The Hall–Kier alpha value is -1.39. The maximum absolute atomic E-state index is 12.4. The van der Waals surface area contributed by atoms with Crippen LogP contribution in [0.5, 0.6) is 0 Å². The number of allylic oxidation sites excluding steroid dienone is 5. The number of hydrogen-bond donors (Lipinski definition) is 3. The van der Waals surface area contributed by atoms with Crippen molar-refractivity contribution in [2.24, 2.45) is 0 Å². The molecule has 53 heavy (non-hydrogen) atoms. The first kappa shape index (κ1) is 51.6. The molecule has 0 fully saturated rings. The van der Waals surface area contributed by atoms with E-state index < -0.39 is 12.1 Å². The molecule has 0 radical (unpaired) electrons. The first-order valence-corrected chi connectivity index (χ1v) is 23.7. The molecular weight excluding hydrogens is 651 g/mol. The van der Waals surface area contributed by atoms with Crippen LogP contribution in [0.1, 0.15) is 251 Å². The van der Waals surface area contributed by atoms with Crippen LogP contribution in [0.3, 0.4) is 0 Å². The van der Waals surface area contributed by atoms with Crippen LogP contribution in [0, 0.1) is 0 Å². The molecule has 3 N–H and O–H groups in total. The lowest BCUT2D eigenvalue weighted by atomic mass is 10.0. The summed E-state index contributed by atoms with van der Waals surface area (Å²) in [7, 11) is 0. The zero-order chi connectivity index (χ0) is 38.6. The van der Waals surface area contributed by atoms with E-state index in [1.54, 1.807) is 6.08 Å². The zero-order valence-electron chi connectivity index (χ0n) is 35.8. The Morgan fingerprint density at radius 3 is 1.13 bits per heavy atom. The third kappa shape index (κ3) is 41.6. The molecule has 2 atom stereocenters. The highest BCUT2D eigenvalue weighted by Crippen LogP contribution is 2.15. The number of aliphatic hydroxyl groups is 2. The normalized spacial score (nSPS) is 13.2. The van der Waals surface area contributed by atoms with Gasteiger partial charge in [0, 0.05) is 6.42 Å². The summed E-state index contributed by atoms with van der Waals surface area (Å²) in [6.45, 7) is 4.31. The van der Waals surface area contributed by atoms with Crippen LogP contribution >= 0.6 is 0 Å². The molecule has 0 aromatic rings. The molecule has 1 amide bonds. The summed E-state index contributed by atoms with van der Waals surface area (Å²) in [5.41, 5.74) is 0. The van der Waals surface area contributed by atoms with Gasteiger partial charge < -0.3 is 15.5 Å². The molecule has 2 unspecified atom stereocenters. The maximum atomic E-state index is 12.4. The van der Waals surface area contributed by atoms with E-state index in [1.165, 1.54) is 199 Å². The molecule has 0 rings (SSSR count). The van der Waals surface area contributed by atoms with E-state index in [-0.39, 0.29) is 12.5 Å². The van der Waals surface area contributed by atoms with E-state index in [2.05, 4.69) is 43.5 Å². The molecular formula is C49H93NO3. The number of rotatable bonds is 43. The van der Waals surface area contributed by atoms with Crippen LogP contribution in [-0.2, 0) is 4.79 Å². The predicted octanol–water partition coefficient (Wildman–Crippen LogP) is 15.0. The first-order chi connectivity index (χ1) is 26.2. The van der Waals surface area contributed by atoms with Gasteiger partial charge in [-0.15, -0.1) is 0 Å². The van der Waals surface area contributed by atoms with Gasteiger partial charge in [0.05, 0.1) is 18.8 Å². The quantitative estimate of drug-likeness (QED) is 0.0430. The Morgan fingerprint density at radius 2 is 0.774 bits per heavy atom. The smallest absolute Gasteiger partial charge is 0.220 e. The van der Waals surface area contributed by atoms with Crippen molar-refractivity contribution in [1.29, 1.82) is 0 Å². The summed E-state index contributed by atoms with van der Waals surface area (Å²) < 4.78 is 0. The molecule has 0 aliphatic carbocycles. The van der Waals surface area contributed by atoms with Crippen LogP contribution in [0.25, 0.3) is 0 Å². The van der Waals surface area contributed by atoms with E-state index in [0.717, 1.165) is 32.1 Å². The van der Waals surface area contributed by atoms with E-state index in [9.17, 15) is 15.0 Å². The van der Waals surface area contributed by atoms with Gasteiger partial charge in [-0.2, -0.15) is 0 Å². The van der Waals surface area contributed by atoms with E-state index >= 15 is 0 Å². The summed E-state index contributed by atoms with van der Waals surface area (Å²) >= 11 is 0. The molecule has 312 valence electrons. The molecule has 0 saturated heterocycles. The maximum Gasteiger partial charge on any atom is 0.220 e. The number of amides is 1. The fraction of sp³-hybridized carbons (Fsp3) is 0.857. The van der Waals surface area contributed by atoms with Gasteiger partial charge in [0.1, 0.15) is 0 Å². The molecule has 0 aromatic carbocycles. The molecule has 0 aliphatic heterocycles. The lowest BCUT2D eigenvalue weighted by molar-refractivity contribution is -0.123. The highest BCUT2D eigenvalue weighted by atomic mass is 16.3. The summed E-state index contributed by atoms with van der Waals surface area (Å²) in [4.78, 5) is 12.4. The number of unbranched alkanes of at least 4 members (excludes halogenated alkanes) is 32. The van der Waals surface area contributed by atoms with Gasteiger partial charge in [0.25, 0.3) is 0 Å². The van der Waals surface area contributed by atoms with Gasteiger partial charge in [-0.05, 0) is 51.4 Å². The number of carbonyl (C=O) groups is 1. The molecule has 4 nitrogen and oxygen atoms in total. The van der Waals surface area contributed by atoms with E-state index in [4.69, 9.17) is 0 Å². The van der Waals surface area contributed by atoms with Crippen molar-refractivity contribution in [1.82, 2.24) is 5.32 Å². The monoisotopic (exact) mass is 744 g/mol. The van der Waals surface area contributed by atoms with Gasteiger partial charge in [0.15, 0.2) is 0 Å².